The number of rotatable bonds is 7. The van der Waals surface area contributed by atoms with Crippen LogP contribution in [0.1, 0.15) is 36.0 Å². The molecule has 1 fully saturated rings. The minimum atomic E-state index is -3.68. The van der Waals surface area contributed by atoms with Gasteiger partial charge in [0.15, 0.2) is 0 Å². The van der Waals surface area contributed by atoms with Crippen molar-refractivity contribution in [3.05, 3.63) is 77.5 Å². The quantitative estimate of drug-likeness (QED) is 0.480. The van der Waals surface area contributed by atoms with E-state index in [9.17, 15) is 13.2 Å². The molecule has 2 N–H and O–H groups in total. The third-order valence-electron chi connectivity index (χ3n) is 6.92. The first-order valence-corrected chi connectivity index (χ1v) is 14.6. The second-order valence-electron chi connectivity index (χ2n) is 9.77. The summed E-state index contributed by atoms with van der Waals surface area (Å²) >= 11 is 0. The molecule has 2 heterocycles. The summed E-state index contributed by atoms with van der Waals surface area (Å²) in [6, 6.07) is 17.6. The molecule has 3 aromatic rings. The lowest BCUT2D eigenvalue weighted by Gasteiger charge is -2.32. The number of sulfonamides is 1. The molecule has 37 heavy (non-hydrogen) atoms. The SMILES string of the molecule is CS(=O)(=O)NC(=O)Nc1c(-c2ccnc(OC3CCN(Cc4ccccc4)CC3)c2)ccc2c1CCC2. The summed E-state index contributed by atoms with van der Waals surface area (Å²) in [4.78, 5) is 19.3. The standard InChI is InChI=1S/C28H32N4O4S/c1-37(34,35)31-28(33)30-27-24-9-5-8-21(24)10-11-25(27)22-12-15-29-26(18-22)36-23-13-16-32(17-14-23)19-20-6-3-2-4-7-20/h2-4,6-7,10-12,15,18,23H,5,8-9,13-14,16-17,19H2,1H3,(H2,30,31,33). The molecule has 1 saturated heterocycles. The number of anilines is 1. The molecule has 0 bridgehead atoms. The number of aromatic nitrogens is 1. The fourth-order valence-electron chi connectivity index (χ4n) is 5.20. The molecular weight excluding hydrogens is 488 g/mol. The van der Waals surface area contributed by atoms with E-state index in [0.29, 0.717) is 11.6 Å². The number of nitrogens with zero attached hydrogens (tertiary/aromatic N) is 2. The number of benzene rings is 2. The monoisotopic (exact) mass is 520 g/mol. The second-order valence-corrected chi connectivity index (χ2v) is 11.5. The number of aryl methyl sites for hydroxylation is 1. The first-order valence-electron chi connectivity index (χ1n) is 12.7. The Hall–Kier alpha value is -3.43. The van der Waals surface area contributed by atoms with Crippen LogP contribution in [0, 0.1) is 0 Å². The van der Waals surface area contributed by atoms with E-state index in [-0.39, 0.29) is 6.10 Å². The summed E-state index contributed by atoms with van der Waals surface area (Å²) in [5.41, 5.74) is 5.85. The number of urea groups is 1. The Kier molecular flexibility index (Phi) is 7.43. The molecule has 5 rings (SSSR count). The number of likely N-dealkylation sites (tertiary alicyclic amines) is 1. The maximum atomic E-state index is 12.4. The molecule has 2 amide bonds. The highest BCUT2D eigenvalue weighted by atomic mass is 32.2. The topological polar surface area (TPSA) is 101 Å². The number of hydrogen-bond donors (Lipinski definition) is 2. The average molecular weight is 521 g/mol. The minimum absolute atomic E-state index is 0.0907. The zero-order chi connectivity index (χ0) is 25.8. The summed E-state index contributed by atoms with van der Waals surface area (Å²) in [5, 5.41) is 2.80. The van der Waals surface area contributed by atoms with Crippen molar-refractivity contribution in [2.75, 3.05) is 24.7 Å². The average Bonchev–Trinajstić information content (AvgIpc) is 3.35. The first-order chi connectivity index (χ1) is 17.8. The van der Waals surface area contributed by atoms with E-state index >= 15 is 0 Å². The van der Waals surface area contributed by atoms with Crippen LogP contribution in [0.5, 0.6) is 5.88 Å². The summed E-state index contributed by atoms with van der Waals surface area (Å²) < 4.78 is 31.4. The molecule has 0 spiro atoms. The van der Waals surface area contributed by atoms with E-state index < -0.39 is 16.1 Å². The number of piperidine rings is 1. The second kappa shape index (κ2) is 10.9. The lowest BCUT2D eigenvalue weighted by Crippen LogP contribution is -2.37. The van der Waals surface area contributed by atoms with Crippen molar-refractivity contribution in [3.8, 4) is 17.0 Å². The van der Waals surface area contributed by atoms with Crippen LogP contribution in [-0.4, -0.2) is 49.8 Å². The van der Waals surface area contributed by atoms with Crippen molar-refractivity contribution in [1.82, 2.24) is 14.6 Å². The molecule has 0 radical (unpaired) electrons. The molecule has 0 unspecified atom stereocenters. The Morgan fingerprint density at radius 3 is 2.62 bits per heavy atom. The molecule has 1 aliphatic heterocycles. The summed E-state index contributed by atoms with van der Waals surface area (Å²) in [5.74, 6) is 0.547. The van der Waals surface area contributed by atoms with Gasteiger partial charge in [0.1, 0.15) is 6.10 Å². The highest BCUT2D eigenvalue weighted by molar-refractivity contribution is 7.89. The van der Waals surface area contributed by atoms with Gasteiger partial charge >= 0.3 is 6.03 Å². The van der Waals surface area contributed by atoms with Crippen LogP contribution < -0.4 is 14.8 Å². The van der Waals surface area contributed by atoms with Gasteiger partial charge in [0.2, 0.25) is 15.9 Å². The van der Waals surface area contributed by atoms with Gasteiger partial charge in [-0.1, -0.05) is 42.5 Å². The Morgan fingerprint density at radius 2 is 1.86 bits per heavy atom. The lowest BCUT2D eigenvalue weighted by molar-refractivity contribution is 0.0933. The Bertz CT molecular complexity index is 1370. The van der Waals surface area contributed by atoms with Gasteiger partial charge in [0.05, 0.1) is 11.9 Å². The predicted molar refractivity (Wildman–Crippen MR) is 144 cm³/mol. The van der Waals surface area contributed by atoms with Gasteiger partial charge in [0, 0.05) is 37.5 Å². The normalized spacial score (nSPS) is 16.2. The number of pyridine rings is 1. The molecule has 8 nitrogen and oxygen atoms in total. The molecule has 1 aliphatic carbocycles. The van der Waals surface area contributed by atoms with Gasteiger partial charge in [0.25, 0.3) is 0 Å². The Morgan fingerprint density at radius 1 is 1.08 bits per heavy atom. The molecule has 194 valence electrons. The lowest BCUT2D eigenvalue weighted by atomic mass is 9.98. The molecule has 9 heteroatoms. The number of amides is 2. The number of hydrogen-bond acceptors (Lipinski definition) is 6. The van der Waals surface area contributed by atoms with Crippen LogP contribution in [0.15, 0.2) is 60.8 Å². The third kappa shape index (κ3) is 6.47. The highest BCUT2D eigenvalue weighted by Crippen LogP contribution is 2.38. The number of ether oxygens (including phenoxy) is 1. The van der Waals surface area contributed by atoms with E-state index in [2.05, 4.69) is 45.5 Å². The minimum Gasteiger partial charge on any atom is -0.474 e. The van der Waals surface area contributed by atoms with E-state index in [0.717, 1.165) is 74.7 Å². The van der Waals surface area contributed by atoms with Crippen LogP contribution in [0.25, 0.3) is 11.1 Å². The molecule has 2 aromatic carbocycles. The van der Waals surface area contributed by atoms with E-state index in [1.807, 2.05) is 29.0 Å². The maximum absolute atomic E-state index is 12.4. The van der Waals surface area contributed by atoms with E-state index in [4.69, 9.17) is 4.74 Å². The largest absolute Gasteiger partial charge is 0.474 e. The van der Waals surface area contributed by atoms with Crippen molar-refractivity contribution >= 4 is 21.7 Å². The van der Waals surface area contributed by atoms with Crippen molar-refractivity contribution in [1.29, 1.82) is 0 Å². The first kappa shape index (κ1) is 25.2. The number of carbonyl (C=O) groups excluding carboxylic acids is 1. The highest BCUT2D eigenvalue weighted by Gasteiger charge is 2.23. The summed E-state index contributed by atoms with van der Waals surface area (Å²) in [6.45, 7) is 2.88. The van der Waals surface area contributed by atoms with Crippen molar-refractivity contribution in [2.24, 2.45) is 0 Å². The van der Waals surface area contributed by atoms with Crippen LogP contribution in [0.3, 0.4) is 0 Å². The molecule has 0 atom stereocenters. The zero-order valence-electron chi connectivity index (χ0n) is 20.9. The van der Waals surface area contributed by atoms with Crippen LogP contribution >= 0.6 is 0 Å². The number of carbonyl (C=O) groups is 1. The Balaban J connectivity index is 1.29. The fourth-order valence-corrected chi connectivity index (χ4v) is 5.58. The van der Waals surface area contributed by atoms with Crippen molar-refractivity contribution < 1.29 is 17.9 Å². The predicted octanol–water partition coefficient (Wildman–Crippen LogP) is 4.36. The molecule has 1 aromatic heterocycles. The van der Waals surface area contributed by atoms with E-state index in [1.54, 1.807) is 6.20 Å². The number of fused-ring (bicyclic) bond motifs is 1. The number of nitrogens with one attached hydrogen (secondary N) is 2. The fraction of sp³-hybridized carbons (Fsp3) is 0.357. The van der Waals surface area contributed by atoms with E-state index in [1.165, 1.54) is 11.1 Å². The maximum Gasteiger partial charge on any atom is 0.332 e. The summed E-state index contributed by atoms with van der Waals surface area (Å²) in [7, 11) is -3.68. The molecule has 2 aliphatic rings. The van der Waals surface area contributed by atoms with Crippen LogP contribution in [0.4, 0.5) is 10.5 Å². The van der Waals surface area contributed by atoms with Gasteiger partial charge in [-0.15, -0.1) is 0 Å². The smallest absolute Gasteiger partial charge is 0.332 e. The van der Waals surface area contributed by atoms with Crippen LogP contribution in [-0.2, 0) is 29.4 Å². The van der Waals surface area contributed by atoms with Crippen molar-refractivity contribution in [3.63, 3.8) is 0 Å². The molecule has 0 saturated carbocycles. The van der Waals surface area contributed by atoms with Crippen molar-refractivity contribution in [2.45, 2.75) is 44.8 Å². The third-order valence-corrected chi connectivity index (χ3v) is 7.47. The van der Waals surface area contributed by atoms with Gasteiger partial charge in [-0.3, -0.25) is 4.90 Å². The molecular formula is C28H32N4O4S. The van der Waals surface area contributed by atoms with Crippen LogP contribution in [0.2, 0.25) is 0 Å². The van der Waals surface area contributed by atoms with Gasteiger partial charge in [-0.25, -0.2) is 22.9 Å². The van der Waals surface area contributed by atoms with Gasteiger partial charge < -0.3 is 10.1 Å². The zero-order valence-corrected chi connectivity index (χ0v) is 21.8. The van der Waals surface area contributed by atoms with Gasteiger partial charge in [-0.2, -0.15) is 0 Å². The summed E-state index contributed by atoms with van der Waals surface area (Å²) in [6.07, 6.45) is 7.37. The van der Waals surface area contributed by atoms with Gasteiger partial charge in [-0.05, 0) is 60.4 Å². The Labute approximate surface area is 218 Å².